The van der Waals surface area contributed by atoms with Gasteiger partial charge in [0.25, 0.3) is 0 Å². The first-order valence-corrected chi connectivity index (χ1v) is 8.16. The van der Waals surface area contributed by atoms with Gasteiger partial charge in [-0.3, -0.25) is 0 Å². The summed E-state index contributed by atoms with van der Waals surface area (Å²) in [6, 6.07) is 0.641. The highest BCUT2D eigenvalue weighted by atomic mass is 14.9. The summed E-state index contributed by atoms with van der Waals surface area (Å²) in [5.74, 6) is 2.65. The normalized spacial score (nSPS) is 15.3. The Morgan fingerprint density at radius 1 is 0.722 bits per heavy atom. The summed E-state index contributed by atoms with van der Waals surface area (Å²) in [5.41, 5.74) is 0. The maximum absolute atomic E-state index is 3.48. The zero-order valence-corrected chi connectivity index (χ0v) is 13.8. The van der Waals surface area contributed by atoms with Crippen LogP contribution >= 0.6 is 0 Å². The van der Waals surface area contributed by atoms with Crippen LogP contribution in [0.25, 0.3) is 0 Å². The predicted octanol–water partition coefficient (Wildman–Crippen LogP) is 5.25. The molecule has 0 aromatic rings. The molecule has 0 saturated carbocycles. The first-order valence-electron chi connectivity index (χ1n) is 8.16. The van der Waals surface area contributed by atoms with E-state index in [2.05, 4.69) is 46.9 Å². The summed E-state index contributed by atoms with van der Waals surface area (Å²) in [7, 11) is 0. The molecule has 0 aromatic carbocycles. The molecule has 1 heteroatoms. The molecule has 0 heterocycles. The first kappa shape index (κ1) is 18.0. The monoisotopic (exact) mass is 255 g/mol. The van der Waals surface area contributed by atoms with Gasteiger partial charge in [-0.15, -0.1) is 0 Å². The molecule has 2 atom stereocenters. The summed E-state index contributed by atoms with van der Waals surface area (Å²) in [6.07, 6.45) is 8.38. The fourth-order valence-electron chi connectivity index (χ4n) is 2.60. The molecule has 0 bridgehead atoms. The van der Waals surface area contributed by atoms with Crippen molar-refractivity contribution in [3.05, 3.63) is 0 Å². The number of hydrogen-bond acceptors (Lipinski definition) is 1. The minimum atomic E-state index is 0.641. The maximum Gasteiger partial charge on any atom is 0.00103 e. The van der Waals surface area contributed by atoms with E-state index in [0.717, 1.165) is 17.8 Å². The van der Waals surface area contributed by atoms with Crippen molar-refractivity contribution < 1.29 is 0 Å². The third-order valence-corrected chi connectivity index (χ3v) is 3.95. The molecular formula is C17H37N. The molecule has 0 spiro atoms. The minimum Gasteiger partial charge on any atom is -0.315 e. The lowest BCUT2D eigenvalue weighted by Crippen LogP contribution is -2.23. The Hall–Kier alpha value is -0.0400. The van der Waals surface area contributed by atoms with Crippen LogP contribution in [0.4, 0.5) is 0 Å². The average molecular weight is 255 g/mol. The summed E-state index contributed by atoms with van der Waals surface area (Å²) < 4.78 is 0. The summed E-state index contributed by atoms with van der Waals surface area (Å²) in [5, 5.41) is 3.48. The minimum absolute atomic E-state index is 0.641. The lowest BCUT2D eigenvalue weighted by Gasteiger charge is -2.21. The van der Waals surface area contributed by atoms with Crippen molar-refractivity contribution in [2.45, 2.75) is 86.1 Å². The molecule has 18 heavy (non-hydrogen) atoms. The summed E-state index contributed by atoms with van der Waals surface area (Å²) >= 11 is 0. The van der Waals surface area contributed by atoms with Crippen LogP contribution in [-0.2, 0) is 0 Å². The molecule has 2 unspecified atom stereocenters. The molecule has 110 valence electrons. The quantitative estimate of drug-likeness (QED) is 0.497. The third kappa shape index (κ3) is 11.1. The molecular weight excluding hydrogens is 218 g/mol. The van der Waals surface area contributed by atoms with E-state index in [4.69, 9.17) is 0 Å². The van der Waals surface area contributed by atoms with E-state index in [1.807, 2.05) is 0 Å². The molecule has 0 aliphatic carbocycles. The van der Waals surface area contributed by atoms with Gasteiger partial charge in [0.2, 0.25) is 0 Å². The molecule has 0 radical (unpaired) electrons. The predicted molar refractivity (Wildman–Crippen MR) is 84.0 cm³/mol. The second-order valence-electron chi connectivity index (χ2n) is 6.90. The van der Waals surface area contributed by atoms with E-state index >= 15 is 0 Å². The highest BCUT2D eigenvalue weighted by Crippen LogP contribution is 2.24. The second kappa shape index (κ2) is 10.8. The van der Waals surface area contributed by atoms with Gasteiger partial charge in [0.05, 0.1) is 0 Å². The molecule has 0 rings (SSSR count). The Balaban J connectivity index is 3.37. The smallest absolute Gasteiger partial charge is 0.00103 e. The zero-order valence-electron chi connectivity index (χ0n) is 13.8. The number of unbranched alkanes of at least 4 members (excludes halogenated alkanes) is 3. The van der Waals surface area contributed by atoms with E-state index in [9.17, 15) is 0 Å². The fraction of sp³-hybridized carbons (Fsp3) is 1.00. The summed E-state index contributed by atoms with van der Waals surface area (Å²) in [4.78, 5) is 0. The van der Waals surface area contributed by atoms with E-state index < -0.39 is 0 Å². The Morgan fingerprint density at radius 2 is 1.33 bits per heavy atom. The third-order valence-electron chi connectivity index (χ3n) is 3.95. The van der Waals surface area contributed by atoms with Crippen molar-refractivity contribution in [2.75, 3.05) is 6.54 Å². The second-order valence-corrected chi connectivity index (χ2v) is 6.90. The number of nitrogens with one attached hydrogen (secondary N) is 1. The molecule has 0 saturated heterocycles. The van der Waals surface area contributed by atoms with Crippen LogP contribution in [0.1, 0.15) is 80.1 Å². The van der Waals surface area contributed by atoms with Gasteiger partial charge >= 0.3 is 0 Å². The van der Waals surface area contributed by atoms with Crippen LogP contribution in [0, 0.1) is 17.8 Å². The Morgan fingerprint density at radius 3 is 1.89 bits per heavy atom. The topological polar surface area (TPSA) is 12.0 Å². The zero-order chi connectivity index (χ0) is 14.0. The molecule has 0 aliphatic rings. The van der Waals surface area contributed by atoms with Crippen LogP contribution < -0.4 is 5.32 Å². The van der Waals surface area contributed by atoms with Crippen molar-refractivity contribution in [2.24, 2.45) is 17.8 Å². The van der Waals surface area contributed by atoms with Crippen LogP contribution in [0.15, 0.2) is 0 Å². The van der Waals surface area contributed by atoms with Gasteiger partial charge in [-0.25, -0.2) is 0 Å². The number of rotatable bonds is 11. The van der Waals surface area contributed by atoms with Crippen molar-refractivity contribution in [1.82, 2.24) is 5.32 Å². The van der Waals surface area contributed by atoms with Gasteiger partial charge in [0, 0.05) is 6.04 Å². The molecule has 0 amide bonds. The van der Waals surface area contributed by atoms with Gasteiger partial charge in [-0.2, -0.15) is 0 Å². The van der Waals surface area contributed by atoms with E-state index in [1.54, 1.807) is 0 Å². The van der Waals surface area contributed by atoms with Crippen molar-refractivity contribution in [1.29, 1.82) is 0 Å². The Kier molecular flexibility index (Phi) is 10.8. The van der Waals surface area contributed by atoms with Gasteiger partial charge in [-0.1, -0.05) is 67.2 Å². The van der Waals surface area contributed by atoms with E-state index in [0.29, 0.717) is 6.04 Å². The summed E-state index contributed by atoms with van der Waals surface area (Å²) in [6.45, 7) is 15.2. The molecule has 0 aromatic heterocycles. The Bertz CT molecular complexity index is 174. The van der Waals surface area contributed by atoms with Crippen LogP contribution in [0.5, 0.6) is 0 Å². The van der Waals surface area contributed by atoms with Crippen LogP contribution in [-0.4, -0.2) is 12.6 Å². The van der Waals surface area contributed by atoms with Gasteiger partial charge < -0.3 is 5.32 Å². The lowest BCUT2D eigenvalue weighted by atomic mass is 9.85. The van der Waals surface area contributed by atoms with Gasteiger partial charge in [0.1, 0.15) is 0 Å². The standard InChI is InChI=1S/C17H37N/c1-14(2)13-17(6)16(5)11-9-7-8-10-12-18-15(3)4/h14-18H,7-13H2,1-6H3. The first-order chi connectivity index (χ1) is 8.43. The SMILES string of the molecule is CC(C)CC(C)C(C)CCCCCCNC(C)C. The van der Waals surface area contributed by atoms with Crippen LogP contribution in [0.2, 0.25) is 0 Å². The highest BCUT2D eigenvalue weighted by Gasteiger charge is 2.13. The molecule has 1 N–H and O–H groups in total. The molecule has 0 aliphatic heterocycles. The highest BCUT2D eigenvalue weighted by molar-refractivity contribution is 4.64. The van der Waals surface area contributed by atoms with Crippen molar-refractivity contribution in [3.8, 4) is 0 Å². The van der Waals surface area contributed by atoms with E-state index in [1.165, 1.54) is 45.1 Å². The number of hydrogen-bond donors (Lipinski definition) is 1. The Labute approximate surface area is 116 Å². The van der Waals surface area contributed by atoms with E-state index in [-0.39, 0.29) is 0 Å². The largest absolute Gasteiger partial charge is 0.315 e. The molecule has 1 nitrogen and oxygen atoms in total. The van der Waals surface area contributed by atoms with Gasteiger partial charge in [0.15, 0.2) is 0 Å². The van der Waals surface area contributed by atoms with Crippen molar-refractivity contribution in [3.63, 3.8) is 0 Å². The maximum atomic E-state index is 3.48. The average Bonchev–Trinajstić information content (AvgIpc) is 2.26. The molecule has 0 fully saturated rings. The van der Waals surface area contributed by atoms with Crippen LogP contribution in [0.3, 0.4) is 0 Å². The van der Waals surface area contributed by atoms with Crippen molar-refractivity contribution >= 4 is 0 Å². The van der Waals surface area contributed by atoms with Gasteiger partial charge in [-0.05, 0) is 37.1 Å². The lowest BCUT2D eigenvalue weighted by molar-refractivity contribution is 0.300. The fourth-order valence-corrected chi connectivity index (χ4v) is 2.60.